The number of benzene rings is 2. The van der Waals surface area contributed by atoms with Crippen molar-refractivity contribution in [2.24, 2.45) is 7.05 Å². The van der Waals surface area contributed by atoms with E-state index in [4.69, 9.17) is 0 Å². The quantitative estimate of drug-likeness (QED) is 0.514. The SMILES string of the molecule is Cn1c(C(=O)NCc2ccc(-n3cnc4ccccc43)nc2)cc2ccccc21. The zero-order valence-electron chi connectivity index (χ0n) is 15.9. The lowest BCUT2D eigenvalue weighted by molar-refractivity contribution is 0.0943. The Labute approximate surface area is 167 Å². The Morgan fingerprint density at radius 3 is 2.55 bits per heavy atom. The van der Waals surface area contributed by atoms with Crippen molar-refractivity contribution in [1.82, 2.24) is 24.4 Å². The Hall–Kier alpha value is -3.93. The highest BCUT2D eigenvalue weighted by atomic mass is 16.1. The number of aryl methyl sites for hydroxylation is 1. The van der Waals surface area contributed by atoms with Crippen LogP contribution < -0.4 is 5.32 Å². The number of nitrogens with zero attached hydrogens (tertiary/aromatic N) is 4. The zero-order chi connectivity index (χ0) is 19.8. The van der Waals surface area contributed by atoms with Crippen molar-refractivity contribution in [3.63, 3.8) is 0 Å². The number of carbonyl (C=O) groups excluding carboxylic acids is 1. The van der Waals surface area contributed by atoms with E-state index in [1.165, 1.54) is 0 Å². The smallest absolute Gasteiger partial charge is 0.268 e. The van der Waals surface area contributed by atoms with Crippen molar-refractivity contribution < 1.29 is 4.79 Å². The topological polar surface area (TPSA) is 64.7 Å². The van der Waals surface area contributed by atoms with Gasteiger partial charge in [0.2, 0.25) is 0 Å². The molecule has 0 radical (unpaired) electrons. The third-order valence-corrected chi connectivity index (χ3v) is 5.15. The molecule has 0 saturated heterocycles. The van der Waals surface area contributed by atoms with Crippen LogP contribution in [0.1, 0.15) is 16.1 Å². The first-order valence-electron chi connectivity index (χ1n) is 9.41. The molecule has 2 aromatic carbocycles. The van der Waals surface area contributed by atoms with Gasteiger partial charge >= 0.3 is 0 Å². The van der Waals surface area contributed by atoms with Crippen LogP contribution >= 0.6 is 0 Å². The van der Waals surface area contributed by atoms with E-state index < -0.39 is 0 Å². The van der Waals surface area contributed by atoms with Crippen molar-refractivity contribution in [3.8, 4) is 5.82 Å². The molecule has 0 fully saturated rings. The summed E-state index contributed by atoms with van der Waals surface area (Å²) in [4.78, 5) is 21.6. The van der Waals surface area contributed by atoms with E-state index in [2.05, 4.69) is 15.3 Å². The van der Waals surface area contributed by atoms with Gasteiger partial charge < -0.3 is 9.88 Å². The van der Waals surface area contributed by atoms with Crippen LogP contribution in [-0.4, -0.2) is 25.0 Å². The Kier molecular flexibility index (Phi) is 4.09. The van der Waals surface area contributed by atoms with Gasteiger partial charge in [-0.05, 0) is 35.9 Å². The fourth-order valence-corrected chi connectivity index (χ4v) is 3.59. The van der Waals surface area contributed by atoms with Gasteiger partial charge in [0.25, 0.3) is 5.91 Å². The van der Waals surface area contributed by atoms with Crippen molar-refractivity contribution >= 4 is 27.8 Å². The summed E-state index contributed by atoms with van der Waals surface area (Å²) in [5.41, 5.74) is 4.56. The third-order valence-electron chi connectivity index (χ3n) is 5.15. The molecule has 5 rings (SSSR count). The number of rotatable bonds is 4. The molecular weight excluding hydrogens is 362 g/mol. The van der Waals surface area contributed by atoms with Gasteiger partial charge in [-0.25, -0.2) is 9.97 Å². The number of carbonyl (C=O) groups is 1. The first kappa shape index (κ1) is 17.2. The number of imidazole rings is 1. The fraction of sp³-hybridized carbons (Fsp3) is 0.0870. The van der Waals surface area contributed by atoms with Gasteiger partial charge in [0, 0.05) is 30.7 Å². The molecule has 6 nitrogen and oxygen atoms in total. The number of hydrogen-bond acceptors (Lipinski definition) is 3. The number of fused-ring (bicyclic) bond motifs is 2. The van der Waals surface area contributed by atoms with Gasteiger partial charge in [-0.15, -0.1) is 0 Å². The first-order chi connectivity index (χ1) is 14.2. The van der Waals surface area contributed by atoms with E-state index in [1.54, 1.807) is 12.5 Å². The Morgan fingerprint density at radius 1 is 0.966 bits per heavy atom. The van der Waals surface area contributed by atoms with Crippen LogP contribution in [0.25, 0.3) is 27.8 Å². The van der Waals surface area contributed by atoms with Crippen LogP contribution in [0.3, 0.4) is 0 Å². The van der Waals surface area contributed by atoms with Crippen molar-refractivity contribution in [3.05, 3.63) is 90.5 Å². The average molecular weight is 381 g/mol. The van der Waals surface area contributed by atoms with Gasteiger partial charge in [-0.2, -0.15) is 0 Å². The molecule has 0 aliphatic carbocycles. The highest BCUT2D eigenvalue weighted by Crippen LogP contribution is 2.19. The number of para-hydroxylation sites is 3. The predicted octanol–water partition coefficient (Wildman–Crippen LogP) is 3.84. The molecular formula is C23H19N5O. The minimum atomic E-state index is -0.103. The van der Waals surface area contributed by atoms with E-state index in [1.807, 2.05) is 82.9 Å². The molecule has 0 spiro atoms. The molecule has 0 bridgehead atoms. The summed E-state index contributed by atoms with van der Waals surface area (Å²) < 4.78 is 3.86. The molecule has 29 heavy (non-hydrogen) atoms. The molecule has 5 aromatic rings. The standard InChI is InChI=1S/C23H19N5O/c1-27-19-8-4-2-6-17(19)12-21(27)23(29)25-14-16-10-11-22(24-13-16)28-15-26-18-7-3-5-9-20(18)28/h2-13,15H,14H2,1H3,(H,25,29). The normalized spacial score (nSPS) is 11.2. The van der Waals surface area contributed by atoms with Gasteiger partial charge in [0.15, 0.2) is 0 Å². The average Bonchev–Trinajstić information content (AvgIpc) is 3.34. The van der Waals surface area contributed by atoms with Crippen LogP contribution in [0.4, 0.5) is 0 Å². The number of nitrogens with one attached hydrogen (secondary N) is 1. The van der Waals surface area contributed by atoms with Gasteiger partial charge in [0.05, 0.1) is 11.0 Å². The van der Waals surface area contributed by atoms with Gasteiger partial charge in [-0.1, -0.05) is 36.4 Å². The number of amides is 1. The van der Waals surface area contributed by atoms with E-state index in [9.17, 15) is 4.79 Å². The third kappa shape index (κ3) is 3.04. The maximum Gasteiger partial charge on any atom is 0.268 e. The van der Waals surface area contributed by atoms with E-state index in [0.29, 0.717) is 12.2 Å². The molecule has 3 heterocycles. The highest BCUT2D eigenvalue weighted by molar-refractivity contribution is 5.98. The minimum Gasteiger partial charge on any atom is -0.347 e. The second kappa shape index (κ2) is 6.91. The lowest BCUT2D eigenvalue weighted by atomic mass is 10.2. The largest absolute Gasteiger partial charge is 0.347 e. The Morgan fingerprint density at radius 2 is 1.76 bits per heavy atom. The summed E-state index contributed by atoms with van der Waals surface area (Å²) in [6.07, 6.45) is 3.56. The molecule has 0 aliphatic heterocycles. The van der Waals surface area contributed by atoms with Crippen molar-refractivity contribution in [2.45, 2.75) is 6.54 Å². The van der Waals surface area contributed by atoms with Crippen LogP contribution in [0.5, 0.6) is 0 Å². The fourth-order valence-electron chi connectivity index (χ4n) is 3.59. The molecule has 0 aliphatic rings. The monoisotopic (exact) mass is 381 g/mol. The molecule has 3 aromatic heterocycles. The van der Waals surface area contributed by atoms with E-state index in [0.717, 1.165) is 33.3 Å². The van der Waals surface area contributed by atoms with Crippen LogP contribution in [-0.2, 0) is 13.6 Å². The van der Waals surface area contributed by atoms with Crippen molar-refractivity contribution in [1.29, 1.82) is 0 Å². The predicted molar refractivity (Wildman–Crippen MR) is 113 cm³/mol. The second-order valence-electron chi connectivity index (χ2n) is 6.96. The van der Waals surface area contributed by atoms with Crippen LogP contribution in [0, 0.1) is 0 Å². The van der Waals surface area contributed by atoms with E-state index >= 15 is 0 Å². The summed E-state index contributed by atoms with van der Waals surface area (Å²) in [6, 6.07) is 21.7. The summed E-state index contributed by atoms with van der Waals surface area (Å²) in [6.45, 7) is 0.415. The Balaban J connectivity index is 1.32. The zero-order valence-corrected chi connectivity index (χ0v) is 15.9. The lowest BCUT2D eigenvalue weighted by Gasteiger charge is -2.08. The number of hydrogen-bond donors (Lipinski definition) is 1. The molecule has 1 N–H and O–H groups in total. The molecule has 1 amide bonds. The highest BCUT2D eigenvalue weighted by Gasteiger charge is 2.13. The lowest BCUT2D eigenvalue weighted by Crippen LogP contribution is -2.24. The molecule has 0 saturated carbocycles. The molecule has 0 atom stereocenters. The summed E-state index contributed by atoms with van der Waals surface area (Å²) in [5.74, 6) is 0.691. The van der Waals surface area contributed by atoms with Gasteiger partial charge in [0.1, 0.15) is 17.8 Å². The Bertz CT molecular complexity index is 1330. The second-order valence-corrected chi connectivity index (χ2v) is 6.96. The summed E-state index contributed by atoms with van der Waals surface area (Å²) in [7, 11) is 1.91. The molecule has 0 unspecified atom stereocenters. The van der Waals surface area contributed by atoms with Crippen molar-refractivity contribution in [2.75, 3.05) is 0 Å². The summed E-state index contributed by atoms with van der Waals surface area (Å²) >= 11 is 0. The first-order valence-corrected chi connectivity index (χ1v) is 9.41. The maximum atomic E-state index is 12.6. The summed E-state index contributed by atoms with van der Waals surface area (Å²) in [5, 5.41) is 4.04. The number of aromatic nitrogens is 4. The maximum absolute atomic E-state index is 12.6. The van der Waals surface area contributed by atoms with Gasteiger partial charge in [-0.3, -0.25) is 9.36 Å². The van der Waals surface area contributed by atoms with E-state index in [-0.39, 0.29) is 5.91 Å². The molecule has 6 heteroatoms. The van der Waals surface area contributed by atoms with Crippen LogP contribution in [0.15, 0.2) is 79.3 Å². The minimum absolute atomic E-state index is 0.103. The number of pyridine rings is 1. The van der Waals surface area contributed by atoms with Crippen LogP contribution in [0.2, 0.25) is 0 Å². The molecule has 142 valence electrons.